The third-order valence-electron chi connectivity index (χ3n) is 3.63. The zero-order valence-corrected chi connectivity index (χ0v) is 11.8. The Morgan fingerprint density at radius 1 is 1.57 bits per heavy atom. The third kappa shape index (κ3) is 3.69. The number of benzene rings is 1. The van der Waals surface area contributed by atoms with Gasteiger partial charge in [-0.3, -0.25) is 10.1 Å². The van der Waals surface area contributed by atoms with E-state index in [1.165, 1.54) is 12.1 Å². The molecule has 0 aromatic heterocycles. The van der Waals surface area contributed by atoms with Gasteiger partial charge in [-0.2, -0.15) is 0 Å². The molecule has 21 heavy (non-hydrogen) atoms. The Kier molecular flexibility index (Phi) is 4.74. The van der Waals surface area contributed by atoms with Gasteiger partial charge in [-0.25, -0.2) is 4.79 Å². The number of hydrogen-bond donors (Lipinski definition) is 1. The summed E-state index contributed by atoms with van der Waals surface area (Å²) in [5.74, 6) is -0.898. The first-order chi connectivity index (χ1) is 9.99. The highest BCUT2D eigenvalue weighted by atomic mass is 16.6. The average molecular weight is 294 g/mol. The first-order valence-electron chi connectivity index (χ1n) is 6.79. The number of carbonyl (C=O) groups is 1. The van der Waals surface area contributed by atoms with Crippen LogP contribution in [0.2, 0.25) is 0 Å². The van der Waals surface area contributed by atoms with Crippen LogP contribution in [-0.2, 0) is 4.74 Å². The number of nitro benzene ring substituents is 1. The minimum absolute atomic E-state index is 0.288. The van der Waals surface area contributed by atoms with Gasteiger partial charge in [0.2, 0.25) is 0 Å². The zero-order chi connectivity index (χ0) is 15.4. The molecule has 7 heteroatoms. The van der Waals surface area contributed by atoms with Crippen molar-refractivity contribution in [3.63, 3.8) is 0 Å². The maximum atomic E-state index is 11.1. The summed E-state index contributed by atoms with van der Waals surface area (Å²) in [6.45, 7) is 2.22. The molecule has 1 fully saturated rings. The third-order valence-corrected chi connectivity index (χ3v) is 3.63. The van der Waals surface area contributed by atoms with Gasteiger partial charge in [0.15, 0.2) is 0 Å². The smallest absolute Gasteiger partial charge is 0.342 e. The molecule has 1 aliphatic rings. The monoisotopic (exact) mass is 294 g/mol. The van der Waals surface area contributed by atoms with Gasteiger partial charge in [0, 0.05) is 32.0 Å². The van der Waals surface area contributed by atoms with Gasteiger partial charge in [-0.1, -0.05) is 0 Å². The normalized spacial score (nSPS) is 18.2. The summed E-state index contributed by atoms with van der Waals surface area (Å²) in [7, 11) is 1.85. The molecule has 1 atom stereocenters. The van der Waals surface area contributed by atoms with Gasteiger partial charge in [0.25, 0.3) is 5.69 Å². The first kappa shape index (κ1) is 15.2. The van der Waals surface area contributed by atoms with Gasteiger partial charge in [0.05, 0.1) is 11.5 Å². The number of carboxylic acid groups (broad SMARTS) is 1. The quantitative estimate of drug-likeness (QED) is 0.660. The van der Waals surface area contributed by atoms with E-state index in [1.807, 2.05) is 11.9 Å². The molecule has 114 valence electrons. The van der Waals surface area contributed by atoms with Crippen molar-refractivity contribution in [1.82, 2.24) is 0 Å². The topological polar surface area (TPSA) is 92.9 Å². The van der Waals surface area contributed by atoms with Crippen LogP contribution >= 0.6 is 0 Å². The Morgan fingerprint density at radius 3 is 2.90 bits per heavy atom. The number of nitrogens with zero attached hydrogens (tertiary/aromatic N) is 2. The van der Waals surface area contributed by atoms with E-state index in [1.54, 1.807) is 6.07 Å². The fourth-order valence-corrected chi connectivity index (χ4v) is 2.54. The number of aromatic carboxylic acids is 1. The summed E-state index contributed by atoms with van der Waals surface area (Å²) in [4.78, 5) is 23.2. The highest BCUT2D eigenvalue weighted by Crippen LogP contribution is 2.26. The lowest BCUT2D eigenvalue weighted by molar-refractivity contribution is -0.385. The van der Waals surface area contributed by atoms with Crippen molar-refractivity contribution >= 4 is 17.3 Å². The lowest BCUT2D eigenvalue weighted by atomic mass is 10.0. The number of ether oxygens (including phenoxy) is 1. The van der Waals surface area contributed by atoms with Gasteiger partial charge < -0.3 is 14.7 Å². The van der Waals surface area contributed by atoms with Crippen LogP contribution in [0.15, 0.2) is 18.2 Å². The Morgan fingerprint density at radius 2 is 2.33 bits per heavy atom. The molecule has 0 aliphatic carbocycles. The first-order valence-corrected chi connectivity index (χ1v) is 6.79. The van der Waals surface area contributed by atoms with Crippen LogP contribution in [-0.4, -0.2) is 42.8 Å². The van der Waals surface area contributed by atoms with E-state index in [0.29, 0.717) is 18.2 Å². The standard InChI is InChI=1S/C14H18N2O5/c1-15(8-10-3-2-6-21-9-10)11-4-5-13(16(19)20)12(7-11)14(17)18/h4-5,7,10H,2-3,6,8-9H2,1H3,(H,17,18). The Balaban J connectivity index is 2.17. The fraction of sp³-hybridized carbons (Fsp3) is 0.500. The number of carboxylic acids is 1. The van der Waals surface area contributed by atoms with E-state index in [-0.39, 0.29) is 11.3 Å². The van der Waals surface area contributed by atoms with E-state index in [0.717, 1.165) is 26.0 Å². The molecule has 7 nitrogen and oxygen atoms in total. The molecule has 0 radical (unpaired) electrons. The molecular formula is C14H18N2O5. The summed E-state index contributed by atoms with van der Waals surface area (Å²) in [6.07, 6.45) is 2.10. The van der Waals surface area contributed by atoms with Crippen LogP contribution in [0.1, 0.15) is 23.2 Å². The Labute approximate surface area is 122 Å². The van der Waals surface area contributed by atoms with Crippen molar-refractivity contribution in [2.24, 2.45) is 5.92 Å². The minimum Gasteiger partial charge on any atom is -0.477 e. The van der Waals surface area contributed by atoms with E-state index in [2.05, 4.69) is 0 Å². The highest BCUT2D eigenvalue weighted by molar-refractivity contribution is 5.93. The summed E-state index contributed by atoms with van der Waals surface area (Å²) in [5.41, 5.74) is -0.0199. The van der Waals surface area contributed by atoms with Crippen molar-refractivity contribution in [3.8, 4) is 0 Å². The number of anilines is 1. The predicted octanol–water partition coefficient (Wildman–Crippen LogP) is 2.16. The SMILES string of the molecule is CN(CC1CCCOC1)c1ccc([N+](=O)[O-])c(C(=O)O)c1. The summed E-state index contributed by atoms with van der Waals surface area (Å²) >= 11 is 0. The second kappa shape index (κ2) is 6.53. The van der Waals surface area contributed by atoms with E-state index in [9.17, 15) is 14.9 Å². The molecule has 0 spiro atoms. The number of rotatable bonds is 5. The van der Waals surface area contributed by atoms with Gasteiger partial charge in [-0.15, -0.1) is 0 Å². The molecule has 1 aromatic carbocycles. The molecule has 0 bridgehead atoms. The Bertz CT molecular complexity index is 540. The molecular weight excluding hydrogens is 276 g/mol. The van der Waals surface area contributed by atoms with Crippen LogP contribution in [0.25, 0.3) is 0 Å². The lowest BCUT2D eigenvalue weighted by Crippen LogP contribution is -2.30. The molecule has 2 rings (SSSR count). The molecule has 1 aliphatic heterocycles. The Hall–Kier alpha value is -2.15. The second-order valence-corrected chi connectivity index (χ2v) is 5.23. The molecule has 1 heterocycles. The maximum absolute atomic E-state index is 11.1. The molecule has 1 unspecified atom stereocenters. The molecule has 1 saturated heterocycles. The van der Waals surface area contributed by atoms with Crippen molar-refractivity contribution < 1.29 is 19.6 Å². The van der Waals surface area contributed by atoms with Crippen molar-refractivity contribution in [2.45, 2.75) is 12.8 Å². The fourth-order valence-electron chi connectivity index (χ4n) is 2.54. The van der Waals surface area contributed by atoms with E-state index >= 15 is 0 Å². The van der Waals surface area contributed by atoms with Crippen LogP contribution in [0.3, 0.4) is 0 Å². The minimum atomic E-state index is -1.29. The van der Waals surface area contributed by atoms with E-state index < -0.39 is 10.9 Å². The van der Waals surface area contributed by atoms with Crippen molar-refractivity contribution in [1.29, 1.82) is 0 Å². The van der Waals surface area contributed by atoms with Crippen molar-refractivity contribution in [2.75, 3.05) is 31.7 Å². The number of nitro groups is 1. The molecule has 1 aromatic rings. The van der Waals surface area contributed by atoms with Gasteiger partial charge >= 0.3 is 5.97 Å². The van der Waals surface area contributed by atoms with Crippen LogP contribution in [0.5, 0.6) is 0 Å². The van der Waals surface area contributed by atoms with Crippen molar-refractivity contribution in [3.05, 3.63) is 33.9 Å². The highest BCUT2D eigenvalue weighted by Gasteiger charge is 2.22. The van der Waals surface area contributed by atoms with Gasteiger partial charge in [-0.05, 0) is 30.9 Å². The maximum Gasteiger partial charge on any atom is 0.342 e. The summed E-state index contributed by atoms with van der Waals surface area (Å²) < 4.78 is 5.42. The lowest BCUT2D eigenvalue weighted by Gasteiger charge is -2.28. The predicted molar refractivity (Wildman–Crippen MR) is 76.9 cm³/mol. The van der Waals surface area contributed by atoms with Crippen LogP contribution in [0, 0.1) is 16.0 Å². The molecule has 0 saturated carbocycles. The largest absolute Gasteiger partial charge is 0.477 e. The molecule has 1 N–H and O–H groups in total. The second-order valence-electron chi connectivity index (χ2n) is 5.23. The summed E-state index contributed by atoms with van der Waals surface area (Å²) in [5, 5.41) is 19.9. The molecule has 0 amide bonds. The summed E-state index contributed by atoms with van der Waals surface area (Å²) in [6, 6.07) is 4.17. The zero-order valence-electron chi connectivity index (χ0n) is 11.8. The van der Waals surface area contributed by atoms with Gasteiger partial charge in [0.1, 0.15) is 5.56 Å². The van der Waals surface area contributed by atoms with E-state index in [4.69, 9.17) is 9.84 Å². The average Bonchev–Trinajstić information content (AvgIpc) is 2.47. The van der Waals surface area contributed by atoms with Crippen LogP contribution < -0.4 is 4.90 Å². The number of hydrogen-bond acceptors (Lipinski definition) is 5. The van der Waals surface area contributed by atoms with Crippen LogP contribution in [0.4, 0.5) is 11.4 Å².